The summed E-state index contributed by atoms with van der Waals surface area (Å²) in [5, 5.41) is 0. The summed E-state index contributed by atoms with van der Waals surface area (Å²) in [6, 6.07) is 8.36. The molecule has 1 aromatic carbocycles. The summed E-state index contributed by atoms with van der Waals surface area (Å²) in [6.07, 6.45) is -0.262. The molecular weight excluding hydrogens is 294 g/mol. The Balaban J connectivity index is 1.69. The molecule has 3 rings (SSSR count). The summed E-state index contributed by atoms with van der Waals surface area (Å²) in [5.41, 5.74) is 1.16. The van der Waals surface area contributed by atoms with Crippen LogP contribution in [0.15, 0.2) is 28.7 Å². The lowest BCUT2D eigenvalue weighted by atomic mass is 10.2. The van der Waals surface area contributed by atoms with Gasteiger partial charge >= 0.3 is 6.09 Å². The van der Waals surface area contributed by atoms with E-state index in [0.717, 1.165) is 11.1 Å². The highest BCUT2D eigenvalue weighted by Gasteiger charge is 2.32. The number of carbonyl (C=O) groups excluding carboxylic acids is 1. The lowest BCUT2D eigenvalue weighted by Gasteiger charge is -2.39. The van der Waals surface area contributed by atoms with E-state index in [9.17, 15) is 4.79 Å². The molecule has 124 valence electrons. The largest absolute Gasteiger partial charge is 0.444 e. The fourth-order valence-electron chi connectivity index (χ4n) is 2.72. The van der Waals surface area contributed by atoms with E-state index in [2.05, 4.69) is 9.88 Å². The van der Waals surface area contributed by atoms with Gasteiger partial charge in [0.05, 0.1) is 0 Å². The third-order valence-corrected chi connectivity index (χ3v) is 3.81. The first-order valence-electron chi connectivity index (χ1n) is 7.93. The van der Waals surface area contributed by atoms with Gasteiger partial charge in [-0.25, -0.2) is 4.79 Å². The topological polar surface area (TPSA) is 58.8 Å². The van der Waals surface area contributed by atoms with Crippen molar-refractivity contribution in [2.75, 3.05) is 24.5 Å². The van der Waals surface area contributed by atoms with Crippen LogP contribution in [-0.4, -0.2) is 47.3 Å². The zero-order valence-electron chi connectivity index (χ0n) is 14.1. The number of aromatic nitrogens is 1. The minimum atomic E-state index is -0.478. The summed E-state index contributed by atoms with van der Waals surface area (Å²) >= 11 is 0. The average Bonchev–Trinajstić information content (AvgIpc) is 2.89. The lowest BCUT2D eigenvalue weighted by molar-refractivity contribution is 0.0156. The average molecular weight is 317 g/mol. The Morgan fingerprint density at radius 1 is 1.30 bits per heavy atom. The molecule has 1 saturated heterocycles. The molecule has 0 spiro atoms. The van der Waals surface area contributed by atoms with Crippen LogP contribution in [0.25, 0.3) is 11.1 Å². The predicted molar refractivity (Wildman–Crippen MR) is 88.6 cm³/mol. The van der Waals surface area contributed by atoms with Gasteiger partial charge in [0.15, 0.2) is 5.58 Å². The molecule has 1 aromatic heterocycles. The Kier molecular flexibility index (Phi) is 3.92. The van der Waals surface area contributed by atoms with Crippen molar-refractivity contribution in [1.82, 2.24) is 9.88 Å². The van der Waals surface area contributed by atoms with Gasteiger partial charge in [-0.15, -0.1) is 0 Å². The van der Waals surface area contributed by atoms with Gasteiger partial charge in [-0.3, -0.25) is 0 Å². The van der Waals surface area contributed by atoms with Crippen LogP contribution in [0, 0.1) is 0 Å². The zero-order valence-corrected chi connectivity index (χ0v) is 14.1. The number of rotatable bonds is 1. The second-order valence-electron chi connectivity index (χ2n) is 6.93. The Morgan fingerprint density at radius 2 is 2.04 bits per heavy atom. The Labute approximate surface area is 136 Å². The number of nitrogens with zero attached hydrogens (tertiary/aromatic N) is 3. The first kappa shape index (κ1) is 15.6. The molecule has 0 saturated carbocycles. The van der Waals surface area contributed by atoms with Gasteiger partial charge < -0.3 is 19.0 Å². The number of hydrogen-bond acceptors (Lipinski definition) is 5. The van der Waals surface area contributed by atoms with Crippen molar-refractivity contribution in [3.05, 3.63) is 24.3 Å². The van der Waals surface area contributed by atoms with Crippen LogP contribution >= 0.6 is 0 Å². The maximum Gasteiger partial charge on any atom is 0.410 e. The molecule has 23 heavy (non-hydrogen) atoms. The number of benzene rings is 1. The summed E-state index contributed by atoms with van der Waals surface area (Å²) in [6.45, 7) is 9.59. The number of hydrogen-bond donors (Lipinski definition) is 0. The maximum atomic E-state index is 12.3. The van der Waals surface area contributed by atoms with E-state index in [-0.39, 0.29) is 12.1 Å². The van der Waals surface area contributed by atoms with Gasteiger partial charge in [0, 0.05) is 25.7 Å². The quantitative estimate of drug-likeness (QED) is 0.808. The normalized spacial score (nSPS) is 19.2. The third kappa shape index (κ3) is 3.41. The molecule has 1 aliphatic heterocycles. The van der Waals surface area contributed by atoms with E-state index in [4.69, 9.17) is 9.15 Å². The van der Waals surface area contributed by atoms with E-state index in [0.29, 0.717) is 25.6 Å². The second-order valence-corrected chi connectivity index (χ2v) is 6.93. The minimum Gasteiger partial charge on any atom is -0.444 e. The standard InChI is InChI=1S/C17H23N3O3/c1-12-11-19(9-10-20(12)16(21)23-17(2,3)4)15-18-13-7-5-6-8-14(13)22-15/h5-8,12H,9-11H2,1-4H3/t12-/m1/s1. The zero-order chi connectivity index (χ0) is 16.6. The monoisotopic (exact) mass is 317 g/mol. The van der Waals surface area contributed by atoms with E-state index in [1.165, 1.54) is 0 Å². The van der Waals surface area contributed by atoms with Gasteiger partial charge in [0.1, 0.15) is 11.1 Å². The lowest BCUT2D eigenvalue weighted by Crippen LogP contribution is -2.55. The number of carbonyl (C=O) groups is 1. The number of fused-ring (bicyclic) bond motifs is 1. The van der Waals surface area contributed by atoms with Crippen molar-refractivity contribution in [1.29, 1.82) is 0 Å². The van der Waals surface area contributed by atoms with Crippen molar-refractivity contribution >= 4 is 23.2 Å². The van der Waals surface area contributed by atoms with Crippen LogP contribution in [0.1, 0.15) is 27.7 Å². The molecular formula is C17H23N3O3. The van der Waals surface area contributed by atoms with Gasteiger partial charge in [-0.2, -0.15) is 4.98 Å². The molecule has 6 nitrogen and oxygen atoms in total. The molecule has 2 heterocycles. The molecule has 1 aliphatic rings. The van der Waals surface area contributed by atoms with Crippen LogP contribution in [-0.2, 0) is 4.74 Å². The van der Waals surface area contributed by atoms with Crippen LogP contribution in [0.3, 0.4) is 0 Å². The smallest absolute Gasteiger partial charge is 0.410 e. The van der Waals surface area contributed by atoms with Crippen molar-refractivity contribution in [3.8, 4) is 0 Å². The number of ether oxygens (including phenoxy) is 1. The van der Waals surface area contributed by atoms with Gasteiger partial charge in [0.2, 0.25) is 0 Å². The molecule has 0 aliphatic carbocycles. The highest BCUT2D eigenvalue weighted by Crippen LogP contribution is 2.24. The van der Waals surface area contributed by atoms with Crippen molar-refractivity contribution in [2.24, 2.45) is 0 Å². The van der Waals surface area contributed by atoms with E-state index < -0.39 is 5.60 Å². The van der Waals surface area contributed by atoms with Crippen molar-refractivity contribution in [2.45, 2.75) is 39.3 Å². The first-order chi connectivity index (χ1) is 10.8. The van der Waals surface area contributed by atoms with Crippen molar-refractivity contribution in [3.63, 3.8) is 0 Å². The number of anilines is 1. The molecule has 2 aromatic rings. The fourth-order valence-corrected chi connectivity index (χ4v) is 2.72. The van der Waals surface area contributed by atoms with Gasteiger partial charge in [0.25, 0.3) is 6.01 Å². The molecule has 0 unspecified atom stereocenters. The highest BCUT2D eigenvalue weighted by atomic mass is 16.6. The Bertz CT molecular complexity index is 671. The number of amides is 1. The molecule has 6 heteroatoms. The summed E-state index contributed by atoms with van der Waals surface area (Å²) in [4.78, 5) is 20.6. The molecule has 1 fully saturated rings. The van der Waals surface area contributed by atoms with Crippen LogP contribution < -0.4 is 4.90 Å². The van der Waals surface area contributed by atoms with Crippen LogP contribution in [0.5, 0.6) is 0 Å². The Hall–Kier alpha value is -2.24. The van der Waals surface area contributed by atoms with Crippen LogP contribution in [0.4, 0.5) is 10.8 Å². The third-order valence-electron chi connectivity index (χ3n) is 3.81. The number of para-hydroxylation sites is 2. The Morgan fingerprint density at radius 3 is 2.70 bits per heavy atom. The minimum absolute atomic E-state index is 0.0358. The van der Waals surface area contributed by atoms with Gasteiger partial charge in [-0.05, 0) is 39.8 Å². The van der Waals surface area contributed by atoms with Crippen molar-refractivity contribution < 1.29 is 13.9 Å². The van der Waals surface area contributed by atoms with E-state index >= 15 is 0 Å². The SMILES string of the molecule is C[C@@H]1CN(c2nc3ccccc3o2)CCN1C(=O)OC(C)(C)C. The summed E-state index contributed by atoms with van der Waals surface area (Å²) < 4.78 is 11.3. The predicted octanol–water partition coefficient (Wildman–Crippen LogP) is 3.27. The van der Waals surface area contributed by atoms with E-state index in [1.54, 1.807) is 4.90 Å². The molecule has 1 atom stereocenters. The second kappa shape index (κ2) is 5.76. The number of piperazine rings is 1. The molecule has 0 radical (unpaired) electrons. The first-order valence-corrected chi connectivity index (χ1v) is 7.93. The molecule has 0 N–H and O–H groups in total. The maximum absolute atomic E-state index is 12.3. The summed E-state index contributed by atoms with van der Waals surface area (Å²) in [5.74, 6) is 0. The highest BCUT2D eigenvalue weighted by molar-refractivity contribution is 5.74. The number of oxazole rings is 1. The van der Waals surface area contributed by atoms with Crippen LogP contribution in [0.2, 0.25) is 0 Å². The molecule has 1 amide bonds. The summed E-state index contributed by atoms with van der Waals surface area (Å²) in [7, 11) is 0. The van der Waals surface area contributed by atoms with Gasteiger partial charge in [-0.1, -0.05) is 12.1 Å². The molecule has 0 bridgehead atoms. The van der Waals surface area contributed by atoms with E-state index in [1.807, 2.05) is 52.0 Å². The fraction of sp³-hybridized carbons (Fsp3) is 0.529.